The predicted octanol–water partition coefficient (Wildman–Crippen LogP) is 3.92. The summed E-state index contributed by atoms with van der Waals surface area (Å²) in [6.45, 7) is 9.97. The molecule has 2 heteroatoms. The largest absolute Gasteiger partial charge is 0.344 e. The Morgan fingerprint density at radius 1 is 1.05 bits per heavy atom. The molecule has 2 fully saturated rings. The molecule has 1 saturated heterocycles. The van der Waals surface area contributed by atoms with Gasteiger partial charge in [0.25, 0.3) is 0 Å². The van der Waals surface area contributed by atoms with Gasteiger partial charge in [-0.15, -0.1) is 6.42 Å². The van der Waals surface area contributed by atoms with Crippen molar-refractivity contribution in [3.63, 3.8) is 0 Å². The van der Waals surface area contributed by atoms with Crippen LogP contribution in [0.2, 0.25) is 0 Å². The first-order valence-electron chi connectivity index (χ1n) is 7.52. The zero-order valence-corrected chi connectivity index (χ0v) is 12.7. The van der Waals surface area contributed by atoms with Crippen LogP contribution in [0.1, 0.15) is 53.4 Å². The second-order valence-corrected chi connectivity index (χ2v) is 6.18. The summed E-state index contributed by atoms with van der Waals surface area (Å²) in [5, 5.41) is 0. The van der Waals surface area contributed by atoms with Gasteiger partial charge in [-0.2, -0.15) is 0 Å². The smallest absolute Gasteiger partial charge is 0.188 e. The van der Waals surface area contributed by atoms with E-state index < -0.39 is 5.79 Å². The fourth-order valence-corrected chi connectivity index (χ4v) is 3.64. The van der Waals surface area contributed by atoms with Gasteiger partial charge < -0.3 is 9.47 Å². The van der Waals surface area contributed by atoms with Gasteiger partial charge in [-0.3, -0.25) is 0 Å². The van der Waals surface area contributed by atoms with Crippen LogP contribution >= 0.6 is 0 Å². The summed E-state index contributed by atoms with van der Waals surface area (Å²) in [6.07, 6.45) is 12.2. The van der Waals surface area contributed by atoms with Gasteiger partial charge in [-0.1, -0.05) is 33.6 Å². The number of ether oxygens (including phenoxy) is 2. The Morgan fingerprint density at radius 3 is 2.21 bits per heavy atom. The lowest BCUT2D eigenvalue weighted by molar-refractivity contribution is -0.131. The van der Waals surface area contributed by atoms with Crippen LogP contribution in [-0.4, -0.2) is 19.0 Å². The van der Waals surface area contributed by atoms with Crippen molar-refractivity contribution in [1.82, 2.24) is 0 Å². The summed E-state index contributed by atoms with van der Waals surface area (Å²) < 4.78 is 11.6. The quantitative estimate of drug-likeness (QED) is 0.486. The summed E-state index contributed by atoms with van der Waals surface area (Å²) in [4.78, 5) is 0. The third-order valence-electron chi connectivity index (χ3n) is 4.74. The summed E-state index contributed by atoms with van der Waals surface area (Å²) in [5.74, 6) is 2.60. The highest BCUT2D eigenvalue weighted by Gasteiger charge is 2.53. The maximum absolute atomic E-state index is 5.81. The van der Waals surface area contributed by atoms with E-state index in [1.807, 2.05) is 13.8 Å². The van der Waals surface area contributed by atoms with Crippen LogP contribution in [0.5, 0.6) is 0 Å². The zero-order valence-electron chi connectivity index (χ0n) is 12.7. The Balaban J connectivity index is 0.000000637. The predicted molar refractivity (Wildman–Crippen MR) is 77.6 cm³/mol. The third-order valence-corrected chi connectivity index (χ3v) is 4.74. The molecular weight excluding hydrogens is 236 g/mol. The summed E-state index contributed by atoms with van der Waals surface area (Å²) in [7, 11) is 0. The maximum Gasteiger partial charge on any atom is 0.188 e. The van der Waals surface area contributed by atoms with E-state index >= 15 is 0 Å². The molecule has 0 radical (unpaired) electrons. The number of rotatable bonds is 0. The van der Waals surface area contributed by atoms with E-state index in [0.29, 0.717) is 13.2 Å². The first kappa shape index (κ1) is 14.6. The molecule has 0 aromatic carbocycles. The Labute approximate surface area is 117 Å². The van der Waals surface area contributed by atoms with E-state index in [1.165, 1.54) is 12.0 Å². The van der Waals surface area contributed by atoms with Crippen molar-refractivity contribution in [3.05, 3.63) is 11.6 Å². The molecule has 19 heavy (non-hydrogen) atoms. The Hall–Kier alpha value is -0.780. The molecule has 3 aliphatic rings. The lowest BCUT2D eigenvalue weighted by atomic mass is 9.69. The summed E-state index contributed by atoms with van der Waals surface area (Å²) in [6, 6.07) is 0. The van der Waals surface area contributed by atoms with Crippen LogP contribution in [0.15, 0.2) is 11.6 Å². The van der Waals surface area contributed by atoms with E-state index in [4.69, 9.17) is 15.9 Å². The Morgan fingerprint density at radius 2 is 1.63 bits per heavy atom. The summed E-state index contributed by atoms with van der Waals surface area (Å²) >= 11 is 0. The molecule has 2 aliphatic carbocycles. The maximum atomic E-state index is 5.81. The highest BCUT2D eigenvalue weighted by Crippen LogP contribution is 2.59. The standard InChI is InChI=1S/C15H20O2.C2H6/c1-4-14-6-5-13(2,3)12(14)11-15(8-7-14)16-9-10-17-15;1-2/h1,11H,5-10H2,2-3H3;1-2H3. The highest BCUT2D eigenvalue weighted by atomic mass is 16.7. The number of allylic oxidation sites excluding steroid dienone is 1. The molecule has 0 bridgehead atoms. The number of fused-ring (bicyclic) bond motifs is 1. The van der Waals surface area contributed by atoms with Gasteiger partial charge in [-0.05, 0) is 36.3 Å². The normalized spacial score (nSPS) is 33.9. The highest BCUT2D eigenvalue weighted by molar-refractivity contribution is 5.39. The van der Waals surface area contributed by atoms with Gasteiger partial charge >= 0.3 is 0 Å². The third kappa shape index (κ3) is 2.24. The summed E-state index contributed by atoms with van der Waals surface area (Å²) in [5.41, 5.74) is 1.54. The second kappa shape index (κ2) is 4.96. The van der Waals surface area contributed by atoms with Crippen LogP contribution in [0.4, 0.5) is 0 Å². The van der Waals surface area contributed by atoms with Crippen molar-refractivity contribution in [2.75, 3.05) is 13.2 Å². The zero-order chi connectivity index (χ0) is 14.1. The van der Waals surface area contributed by atoms with Crippen molar-refractivity contribution < 1.29 is 9.47 Å². The van der Waals surface area contributed by atoms with Crippen molar-refractivity contribution in [2.24, 2.45) is 10.8 Å². The average molecular weight is 262 g/mol. The number of hydrogen-bond acceptors (Lipinski definition) is 2. The minimum absolute atomic E-state index is 0.0238. The molecule has 0 aromatic heterocycles. The minimum atomic E-state index is -0.461. The number of terminal acetylenes is 1. The van der Waals surface area contributed by atoms with Crippen molar-refractivity contribution >= 4 is 0 Å². The van der Waals surface area contributed by atoms with Crippen molar-refractivity contribution in [3.8, 4) is 12.3 Å². The molecule has 1 heterocycles. The van der Waals surface area contributed by atoms with Crippen molar-refractivity contribution in [2.45, 2.75) is 59.2 Å². The molecule has 2 nitrogen and oxygen atoms in total. The molecule has 1 spiro atoms. The van der Waals surface area contributed by atoms with E-state index in [1.54, 1.807) is 0 Å². The van der Waals surface area contributed by atoms with Gasteiger partial charge in [0.05, 0.1) is 18.6 Å². The lowest BCUT2D eigenvalue weighted by Crippen LogP contribution is -2.38. The van der Waals surface area contributed by atoms with Crippen LogP contribution < -0.4 is 0 Å². The molecule has 106 valence electrons. The monoisotopic (exact) mass is 262 g/mol. The van der Waals surface area contributed by atoms with E-state index in [0.717, 1.165) is 19.3 Å². The van der Waals surface area contributed by atoms with E-state index in [-0.39, 0.29) is 10.8 Å². The molecule has 0 aromatic rings. The molecule has 1 atom stereocenters. The Kier molecular flexibility index (Phi) is 3.82. The molecule has 1 aliphatic heterocycles. The van der Waals surface area contributed by atoms with Crippen LogP contribution in [0, 0.1) is 23.2 Å². The molecule has 3 rings (SSSR count). The van der Waals surface area contributed by atoms with Gasteiger partial charge in [0.1, 0.15) is 0 Å². The second-order valence-electron chi connectivity index (χ2n) is 6.18. The molecule has 0 N–H and O–H groups in total. The van der Waals surface area contributed by atoms with Crippen LogP contribution in [0.3, 0.4) is 0 Å². The van der Waals surface area contributed by atoms with Gasteiger partial charge in [0.15, 0.2) is 5.79 Å². The van der Waals surface area contributed by atoms with E-state index in [2.05, 4.69) is 25.8 Å². The van der Waals surface area contributed by atoms with Gasteiger partial charge in [-0.25, -0.2) is 0 Å². The topological polar surface area (TPSA) is 18.5 Å². The first-order chi connectivity index (χ1) is 9.02. The fraction of sp³-hybridized carbons (Fsp3) is 0.765. The van der Waals surface area contributed by atoms with Crippen LogP contribution in [0.25, 0.3) is 0 Å². The van der Waals surface area contributed by atoms with Gasteiger partial charge in [0.2, 0.25) is 0 Å². The minimum Gasteiger partial charge on any atom is -0.344 e. The fourth-order valence-electron chi connectivity index (χ4n) is 3.64. The Bertz CT molecular complexity index is 407. The molecular formula is C17H26O2. The SMILES string of the molecule is C#CC12CCC3(C=C1C(C)(C)CC2)OCCO3.CC. The average Bonchev–Trinajstić information content (AvgIpc) is 2.98. The van der Waals surface area contributed by atoms with Crippen LogP contribution in [-0.2, 0) is 9.47 Å². The molecule has 1 unspecified atom stereocenters. The van der Waals surface area contributed by atoms with Crippen molar-refractivity contribution in [1.29, 1.82) is 0 Å². The number of hydrogen-bond donors (Lipinski definition) is 0. The van der Waals surface area contributed by atoms with Gasteiger partial charge in [0, 0.05) is 6.42 Å². The molecule has 0 amide bonds. The lowest BCUT2D eigenvalue weighted by Gasteiger charge is -2.40. The molecule has 1 saturated carbocycles. The first-order valence-corrected chi connectivity index (χ1v) is 7.52. The van der Waals surface area contributed by atoms with E-state index in [9.17, 15) is 0 Å².